The van der Waals surface area contributed by atoms with Gasteiger partial charge < -0.3 is 10.6 Å². The molecule has 2 amide bonds. The Bertz CT molecular complexity index is 989. The molecule has 0 radical (unpaired) electrons. The Kier molecular flexibility index (Phi) is 7.24. The minimum absolute atomic E-state index is 0.0488. The van der Waals surface area contributed by atoms with Crippen LogP contribution in [-0.4, -0.2) is 23.6 Å². The van der Waals surface area contributed by atoms with Crippen LogP contribution in [0.3, 0.4) is 0 Å². The fourth-order valence-corrected chi connectivity index (χ4v) is 6.48. The maximum atomic E-state index is 13.1. The number of para-hydroxylation sites is 1. The molecule has 4 nitrogen and oxygen atoms in total. The molecule has 0 aromatic heterocycles. The van der Waals surface area contributed by atoms with E-state index >= 15 is 0 Å². The Labute approximate surface area is 195 Å². The number of carbonyl (C=O) groups is 2. The summed E-state index contributed by atoms with van der Waals surface area (Å²) in [5.41, 5.74) is 3.67. The molecule has 4 atom stereocenters. The second kappa shape index (κ2) is 10.1. The van der Waals surface area contributed by atoms with E-state index < -0.39 is 0 Å². The van der Waals surface area contributed by atoms with Crippen LogP contribution in [0.5, 0.6) is 0 Å². The first-order valence-electron chi connectivity index (χ1n) is 11.9. The summed E-state index contributed by atoms with van der Waals surface area (Å²) in [7, 11) is 0. The predicted octanol–water partition coefficient (Wildman–Crippen LogP) is 5.84. The van der Waals surface area contributed by atoms with Gasteiger partial charge in [-0.1, -0.05) is 43.7 Å². The molecule has 2 aromatic carbocycles. The van der Waals surface area contributed by atoms with Gasteiger partial charge in [0.25, 0.3) is 5.91 Å². The SMILES string of the molecule is CCc1cccc(C)c1NC(=O)c1ccccc1SCC(=O)N[C@H](C)[C@@H]1C[C@H]2CC[C@H]1C2. The van der Waals surface area contributed by atoms with Crippen LogP contribution in [0.2, 0.25) is 0 Å². The molecule has 2 saturated carbocycles. The van der Waals surface area contributed by atoms with Crippen molar-refractivity contribution in [2.75, 3.05) is 11.1 Å². The molecule has 32 heavy (non-hydrogen) atoms. The smallest absolute Gasteiger partial charge is 0.256 e. The summed E-state index contributed by atoms with van der Waals surface area (Å²) in [5.74, 6) is 2.54. The number of thioether (sulfide) groups is 1. The van der Waals surface area contributed by atoms with Crippen molar-refractivity contribution < 1.29 is 9.59 Å². The highest BCUT2D eigenvalue weighted by Gasteiger charge is 2.42. The van der Waals surface area contributed by atoms with Crippen molar-refractivity contribution in [3.8, 4) is 0 Å². The topological polar surface area (TPSA) is 58.2 Å². The standard InChI is InChI=1S/C27H34N2O2S/c1-4-20-9-7-8-17(2)26(20)29-27(31)22-10-5-6-11-24(22)32-16-25(30)28-18(3)23-15-19-12-13-21(23)14-19/h5-11,18-19,21,23H,4,12-16H2,1-3H3,(H,28,30)(H,29,31)/t18-,19+,21+,23+/m1/s1. The fourth-order valence-electron chi connectivity index (χ4n) is 5.62. The normalized spacial score (nSPS) is 22.5. The number of fused-ring (bicyclic) bond motifs is 2. The van der Waals surface area contributed by atoms with Crippen LogP contribution in [0.4, 0.5) is 5.69 Å². The van der Waals surface area contributed by atoms with Crippen LogP contribution in [0.1, 0.15) is 61.0 Å². The number of hydrogen-bond donors (Lipinski definition) is 2. The zero-order valence-electron chi connectivity index (χ0n) is 19.3. The lowest BCUT2D eigenvalue weighted by molar-refractivity contribution is -0.119. The summed E-state index contributed by atoms with van der Waals surface area (Å²) in [6, 6.07) is 13.8. The van der Waals surface area contributed by atoms with Gasteiger partial charge in [0.1, 0.15) is 0 Å². The van der Waals surface area contributed by atoms with E-state index in [1.54, 1.807) is 0 Å². The largest absolute Gasteiger partial charge is 0.353 e. The first-order chi connectivity index (χ1) is 15.5. The summed E-state index contributed by atoms with van der Waals surface area (Å²) in [5, 5.41) is 6.33. The van der Waals surface area contributed by atoms with Gasteiger partial charge in [-0.3, -0.25) is 9.59 Å². The molecule has 2 aliphatic carbocycles. The van der Waals surface area contributed by atoms with Crippen molar-refractivity contribution in [2.45, 2.75) is 63.8 Å². The molecule has 0 aliphatic heterocycles. The monoisotopic (exact) mass is 450 g/mol. The van der Waals surface area contributed by atoms with Crippen LogP contribution in [0, 0.1) is 24.7 Å². The maximum Gasteiger partial charge on any atom is 0.256 e. The lowest BCUT2D eigenvalue weighted by Gasteiger charge is -2.28. The van der Waals surface area contributed by atoms with Crippen molar-refractivity contribution in [1.82, 2.24) is 5.32 Å². The minimum atomic E-state index is -0.132. The Morgan fingerprint density at radius 3 is 2.62 bits per heavy atom. The van der Waals surface area contributed by atoms with Crippen molar-refractivity contribution in [1.29, 1.82) is 0 Å². The molecule has 4 rings (SSSR count). The first kappa shape index (κ1) is 22.9. The Balaban J connectivity index is 1.37. The van der Waals surface area contributed by atoms with Crippen LogP contribution in [0.25, 0.3) is 0 Å². The number of carbonyl (C=O) groups excluding carboxylic acids is 2. The molecule has 2 fully saturated rings. The number of benzene rings is 2. The molecular formula is C27H34N2O2S. The van der Waals surface area contributed by atoms with Crippen molar-refractivity contribution in [3.63, 3.8) is 0 Å². The average molecular weight is 451 g/mol. The van der Waals surface area contributed by atoms with Crippen LogP contribution in [0.15, 0.2) is 47.4 Å². The summed E-state index contributed by atoms with van der Waals surface area (Å²) in [6.45, 7) is 6.25. The molecular weight excluding hydrogens is 416 g/mol. The molecule has 2 aliphatic rings. The average Bonchev–Trinajstić information content (AvgIpc) is 3.43. The molecule has 170 valence electrons. The summed E-state index contributed by atoms with van der Waals surface area (Å²) < 4.78 is 0. The highest BCUT2D eigenvalue weighted by molar-refractivity contribution is 8.00. The number of nitrogens with one attached hydrogen (secondary N) is 2. The fraction of sp³-hybridized carbons (Fsp3) is 0.481. The molecule has 0 unspecified atom stereocenters. The number of anilines is 1. The van der Waals surface area contributed by atoms with Gasteiger partial charge in [0.15, 0.2) is 0 Å². The quantitative estimate of drug-likeness (QED) is 0.497. The van der Waals surface area contributed by atoms with Gasteiger partial charge in [0, 0.05) is 16.6 Å². The summed E-state index contributed by atoms with van der Waals surface area (Å²) >= 11 is 1.44. The third-order valence-corrected chi connectivity index (χ3v) is 8.37. The third kappa shape index (κ3) is 5.03. The zero-order chi connectivity index (χ0) is 22.7. The summed E-state index contributed by atoms with van der Waals surface area (Å²) in [6.07, 6.45) is 6.17. The Morgan fingerprint density at radius 2 is 1.91 bits per heavy atom. The van der Waals surface area contributed by atoms with Gasteiger partial charge in [-0.15, -0.1) is 11.8 Å². The third-order valence-electron chi connectivity index (χ3n) is 7.29. The second-order valence-corrected chi connectivity index (χ2v) is 10.4. The van der Waals surface area contributed by atoms with Gasteiger partial charge in [-0.25, -0.2) is 0 Å². The molecule has 0 heterocycles. The van der Waals surface area contributed by atoms with Gasteiger partial charge >= 0.3 is 0 Å². The van der Waals surface area contributed by atoms with Gasteiger partial charge in [-0.2, -0.15) is 0 Å². The molecule has 0 spiro atoms. The van der Waals surface area contributed by atoms with Crippen molar-refractivity contribution >= 4 is 29.3 Å². The maximum absolute atomic E-state index is 13.1. The van der Waals surface area contributed by atoms with Crippen LogP contribution < -0.4 is 10.6 Å². The highest BCUT2D eigenvalue weighted by atomic mass is 32.2. The minimum Gasteiger partial charge on any atom is -0.353 e. The van der Waals surface area contributed by atoms with E-state index in [9.17, 15) is 9.59 Å². The first-order valence-corrected chi connectivity index (χ1v) is 12.9. The molecule has 5 heteroatoms. The molecule has 2 bridgehead atoms. The Hall–Kier alpha value is -2.27. The molecule has 2 aromatic rings. The van der Waals surface area contributed by atoms with E-state index in [2.05, 4.69) is 24.5 Å². The van der Waals surface area contributed by atoms with E-state index in [4.69, 9.17) is 0 Å². The van der Waals surface area contributed by atoms with E-state index in [1.165, 1.54) is 37.4 Å². The Morgan fingerprint density at radius 1 is 1.09 bits per heavy atom. The van der Waals surface area contributed by atoms with Crippen LogP contribution in [-0.2, 0) is 11.2 Å². The number of aryl methyl sites for hydroxylation is 2. The van der Waals surface area contributed by atoms with E-state index in [1.807, 2.05) is 49.4 Å². The lowest BCUT2D eigenvalue weighted by Crippen LogP contribution is -2.40. The van der Waals surface area contributed by atoms with E-state index in [-0.39, 0.29) is 17.9 Å². The van der Waals surface area contributed by atoms with Gasteiger partial charge in [-0.05, 0) is 80.5 Å². The molecule has 2 N–H and O–H groups in total. The number of amides is 2. The van der Waals surface area contributed by atoms with Crippen molar-refractivity contribution in [3.05, 3.63) is 59.2 Å². The van der Waals surface area contributed by atoms with Gasteiger partial charge in [0.05, 0.1) is 11.3 Å². The highest BCUT2D eigenvalue weighted by Crippen LogP contribution is 2.49. The van der Waals surface area contributed by atoms with Crippen LogP contribution >= 0.6 is 11.8 Å². The van der Waals surface area contributed by atoms with E-state index in [0.29, 0.717) is 17.2 Å². The lowest BCUT2D eigenvalue weighted by atomic mass is 9.84. The van der Waals surface area contributed by atoms with Gasteiger partial charge in [0.2, 0.25) is 5.91 Å². The number of rotatable bonds is 8. The second-order valence-electron chi connectivity index (χ2n) is 9.40. The zero-order valence-corrected chi connectivity index (χ0v) is 20.1. The van der Waals surface area contributed by atoms with E-state index in [0.717, 1.165) is 40.0 Å². The predicted molar refractivity (Wildman–Crippen MR) is 132 cm³/mol. The molecule has 0 saturated heterocycles. The van der Waals surface area contributed by atoms with Crippen molar-refractivity contribution in [2.24, 2.45) is 17.8 Å². The number of hydrogen-bond acceptors (Lipinski definition) is 3. The summed E-state index contributed by atoms with van der Waals surface area (Å²) in [4.78, 5) is 26.6.